The van der Waals surface area contributed by atoms with Crippen molar-refractivity contribution >= 4 is 34.4 Å². The zero-order valence-electron chi connectivity index (χ0n) is 10.8. The van der Waals surface area contributed by atoms with Crippen molar-refractivity contribution in [2.45, 2.75) is 11.8 Å². The minimum atomic E-state index is -1.12. The van der Waals surface area contributed by atoms with Gasteiger partial charge in [-0.3, -0.25) is 0 Å². The molecule has 3 rings (SSSR count). The monoisotopic (exact) mass is 287 g/mol. The number of rotatable bonds is 2. The lowest BCUT2D eigenvalue weighted by atomic mass is 10.0. The van der Waals surface area contributed by atoms with Crippen LogP contribution in [0.4, 0.5) is 0 Å². The average Bonchev–Trinajstić information content (AvgIpc) is 2.46. The number of likely N-dealkylation sites (N-methyl/N-ethyl adjacent to an activating group) is 1. The Kier molecular flexibility index (Phi) is 3.06. The summed E-state index contributed by atoms with van der Waals surface area (Å²) < 4.78 is 1.60. The molecule has 0 saturated heterocycles. The standard InChI is InChI=1S/C15H13NO3S/c1-2-16-12(15(18)19)13(17)11-8-7-9-5-3-4-6-10(9)14(11)20-16/h3-8,17H,2H2,1H3,(H,18,19). The van der Waals surface area contributed by atoms with Crippen LogP contribution in [0.1, 0.15) is 12.5 Å². The van der Waals surface area contributed by atoms with Gasteiger partial charge in [0.1, 0.15) is 0 Å². The molecule has 0 bridgehead atoms. The molecule has 1 aliphatic heterocycles. The van der Waals surface area contributed by atoms with Crippen LogP contribution in [0.25, 0.3) is 16.5 Å². The number of aliphatic carboxylic acids is 1. The lowest BCUT2D eigenvalue weighted by Gasteiger charge is -2.29. The first-order valence-corrected chi connectivity index (χ1v) is 7.05. The molecular weight excluding hydrogens is 274 g/mol. The topological polar surface area (TPSA) is 60.8 Å². The summed E-state index contributed by atoms with van der Waals surface area (Å²) in [6, 6.07) is 11.5. The predicted octanol–water partition coefficient (Wildman–Crippen LogP) is 3.49. The number of fused-ring (bicyclic) bond motifs is 3. The predicted molar refractivity (Wildman–Crippen MR) is 79.4 cm³/mol. The van der Waals surface area contributed by atoms with Crippen LogP contribution >= 0.6 is 11.9 Å². The van der Waals surface area contributed by atoms with Gasteiger partial charge >= 0.3 is 5.97 Å². The Morgan fingerprint density at radius 2 is 2.00 bits per heavy atom. The van der Waals surface area contributed by atoms with Gasteiger partial charge in [-0.2, -0.15) is 0 Å². The van der Waals surface area contributed by atoms with E-state index in [9.17, 15) is 15.0 Å². The molecule has 0 fully saturated rings. The SMILES string of the molecule is CCN1Sc2c(ccc3ccccc23)C(O)=C1C(=O)O. The Morgan fingerprint density at radius 3 is 2.70 bits per heavy atom. The Morgan fingerprint density at radius 1 is 1.25 bits per heavy atom. The summed E-state index contributed by atoms with van der Waals surface area (Å²) in [7, 11) is 0. The fourth-order valence-corrected chi connectivity index (χ4v) is 3.51. The number of hydrogen-bond donors (Lipinski definition) is 2. The molecule has 2 aromatic carbocycles. The Labute approximate surface area is 120 Å². The van der Waals surface area contributed by atoms with Crippen LogP contribution in [-0.2, 0) is 4.79 Å². The lowest BCUT2D eigenvalue weighted by Crippen LogP contribution is -2.25. The van der Waals surface area contributed by atoms with Gasteiger partial charge < -0.3 is 14.5 Å². The van der Waals surface area contributed by atoms with E-state index in [0.29, 0.717) is 12.1 Å². The van der Waals surface area contributed by atoms with E-state index < -0.39 is 5.97 Å². The molecule has 5 heteroatoms. The van der Waals surface area contributed by atoms with E-state index in [1.54, 1.807) is 10.4 Å². The molecule has 0 spiro atoms. The number of carboxylic acid groups (broad SMARTS) is 1. The zero-order chi connectivity index (χ0) is 14.3. The molecule has 0 radical (unpaired) electrons. The average molecular weight is 287 g/mol. The summed E-state index contributed by atoms with van der Waals surface area (Å²) >= 11 is 1.36. The van der Waals surface area contributed by atoms with Gasteiger partial charge in [-0.05, 0) is 35.7 Å². The van der Waals surface area contributed by atoms with Crippen LogP contribution in [-0.4, -0.2) is 27.0 Å². The van der Waals surface area contributed by atoms with Crippen molar-refractivity contribution in [1.82, 2.24) is 4.31 Å². The third-order valence-corrected chi connectivity index (χ3v) is 4.58. The molecule has 0 atom stereocenters. The number of hydrogen-bond acceptors (Lipinski definition) is 4. The second-order valence-electron chi connectivity index (χ2n) is 4.45. The van der Waals surface area contributed by atoms with Crippen molar-refractivity contribution in [3.63, 3.8) is 0 Å². The molecule has 0 aromatic heterocycles. The first-order chi connectivity index (χ1) is 9.63. The molecule has 20 heavy (non-hydrogen) atoms. The second kappa shape index (κ2) is 4.76. The largest absolute Gasteiger partial charge is 0.505 e. The van der Waals surface area contributed by atoms with E-state index in [2.05, 4.69) is 0 Å². The highest BCUT2D eigenvalue weighted by atomic mass is 32.2. The molecule has 1 heterocycles. The van der Waals surface area contributed by atoms with Gasteiger partial charge in [0, 0.05) is 17.0 Å². The fraction of sp³-hybridized carbons (Fsp3) is 0.133. The number of carboxylic acids is 1. The summed E-state index contributed by atoms with van der Waals surface area (Å²) in [5, 5.41) is 21.7. The van der Waals surface area contributed by atoms with Crippen LogP contribution < -0.4 is 0 Å². The minimum absolute atomic E-state index is 0.0553. The number of benzene rings is 2. The maximum atomic E-state index is 11.3. The summed E-state index contributed by atoms with van der Waals surface area (Å²) in [5.41, 5.74) is 0.524. The summed E-state index contributed by atoms with van der Waals surface area (Å²) in [6.45, 7) is 2.36. The van der Waals surface area contributed by atoms with Gasteiger partial charge in [-0.25, -0.2) is 4.79 Å². The molecule has 0 aliphatic carbocycles. The molecule has 1 aliphatic rings. The van der Waals surface area contributed by atoms with E-state index in [0.717, 1.165) is 15.7 Å². The fourth-order valence-electron chi connectivity index (χ4n) is 2.36. The molecule has 102 valence electrons. The minimum Gasteiger partial charge on any atom is -0.505 e. The Hall–Kier alpha value is -2.14. The first-order valence-electron chi connectivity index (χ1n) is 6.27. The number of nitrogens with zero attached hydrogens (tertiary/aromatic N) is 1. The highest BCUT2D eigenvalue weighted by molar-refractivity contribution is 7.97. The van der Waals surface area contributed by atoms with Crippen LogP contribution in [0.5, 0.6) is 0 Å². The third-order valence-electron chi connectivity index (χ3n) is 3.30. The third kappa shape index (κ3) is 1.82. The Balaban J connectivity index is 2.31. The highest BCUT2D eigenvalue weighted by Crippen LogP contribution is 2.43. The summed E-state index contributed by atoms with van der Waals surface area (Å²) in [6.07, 6.45) is 0. The van der Waals surface area contributed by atoms with Crippen LogP contribution in [0.15, 0.2) is 47.0 Å². The van der Waals surface area contributed by atoms with E-state index in [-0.39, 0.29) is 11.5 Å². The van der Waals surface area contributed by atoms with Crippen molar-refractivity contribution in [3.8, 4) is 0 Å². The second-order valence-corrected chi connectivity index (χ2v) is 5.48. The van der Waals surface area contributed by atoms with Gasteiger partial charge in [-0.1, -0.05) is 30.3 Å². The molecule has 2 aromatic rings. The van der Waals surface area contributed by atoms with E-state index in [4.69, 9.17) is 0 Å². The van der Waals surface area contributed by atoms with E-state index in [1.807, 2.05) is 37.3 Å². The highest BCUT2D eigenvalue weighted by Gasteiger charge is 2.30. The van der Waals surface area contributed by atoms with Gasteiger partial charge in [0.2, 0.25) is 0 Å². The van der Waals surface area contributed by atoms with Crippen molar-refractivity contribution in [2.24, 2.45) is 0 Å². The lowest BCUT2D eigenvalue weighted by molar-refractivity contribution is -0.133. The summed E-state index contributed by atoms with van der Waals surface area (Å²) in [5.74, 6) is -1.28. The molecule has 4 nitrogen and oxygen atoms in total. The first kappa shape index (κ1) is 12.9. The van der Waals surface area contributed by atoms with E-state index in [1.165, 1.54) is 11.9 Å². The van der Waals surface area contributed by atoms with Crippen LogP contribution in [0.2, 0.25) is 0 Å². The van der Waals surface area contributed by atoms with Crippen molar-refractivity contribution in [1.29, 1.82) is 0 Å². The molecule has 0 amide bonds. The normalized spacial score (nSPS) is 14.6. The quantitative estimate of drug-likeness (QED) is 0.828. The number of aliphatic hydroxyl groups is 1. The smallest absolute Gasteiger partial charge is 0.356 e. The molecule has 0 saturated carbocycles. The van der Waals surface area contributed by atoms with E-state index >= 15 is 0 Å². The number of aliphatic hydroxyl groups excluding tert-OH is 1. The van der Waals surface area contributed by atoms with Gasteiger partial charge in [0.05, 0.1) is 0 Å². The van der Waals surface area contributed by atoms with Crippen LogP contribution in [0, 0.1) is 0 Å². The maximum Gasteiger partial charge on any atom is 0.356 e. The number of carbonyl (C=O) groups is 1. The van der Waals surface area contributed by atoms with Gasteiger partial charge in [0.25, 0.3) is 0 Å². The zero-order valence-corrected chi connectivity index (χ0v) is 11.6. The van der Waals surface area contributed by atoms with Crippen LogP contribution in [0.3, 0.4) is 0 Å². The maximum absolute atomic E-state index is 11.3. The molecular formula is C15H13NO3S. The molecule has 2 N–H and O–H groups in total. The summed E-state index contributed by atoms with van der Waals surface area (Å²) in [4.78, 5) is 12.2. The molecule has 0 unspecified atom stereocenters. The van der Waals surface area contributed by atoms with Crippen molar-refractivity contribution in [2.75, 3.05) is 6.54 Å². The van der Waals surface area contributed by atoms with Gasteiger partial charge in [0.15, 0.2) is 11.5 Å². The van der Waals surface area contributed by atoms with Crippen molar-refractivity contribution < 1.29 is 15.0 Å². The Bertz CT molecular complexity index is 739. The van der Waals surface area contributed by atoms with Crippen molar-refractivity contribution in [3.05, 3.63) is 47.7 Å². The van der Waals surface area contributed by atoms with Gasteiger partial charge in [-0.15, -0.1) is 0 Å².